The van der Waals surface area contributed by atoms with Crippen molar-refractivity contribution >= 4 is 65.4 Å². The molecule has 0 spiro atoms. The predicted molar refractivity (Wildman–Crippen MR) is 194 cm³/mol. The standard InChI is InChI=1S/C43H26N4/c44-27-28-12-11-21-38-41(28)35-23-22-31(26-40(35)46(38)30-15-5-2-6-16-30)47-36-19-9-7-17-32(36)33-24-25-39-42(43(33)47)34-18-8-10-20-37(34)45(39)29-13-3-1-4-14-29/h1-26H. The molecule has 10 aromatic rings. The van der Waals surface area contributed by atoms with Crippen molar-refractivity contribution in [3.63, 3.8) is 0 Å². The predicted octanol–water partition coefficient (Wildman–Crippen LogP) is 10.8. The highest BCUT2D eigenvalue weighted by molar-refractivity contribution is 6.26. The van der Waals surface area contributed by atoms with Crippen molar-refractivity contribution in [2.45, 2.75) is 0 Å². The van der Waals surface area contributed by atoms with Crippen LogP contribution in [-0.2, 0) is 0 Å². The fraction of sp³-hybridized carbons (Fsp3) is 0. The van der Waals surface area contributed by atoms with Crippen LogP contribution in [0.5, 0.6) is 0 Å². The molecule has 0 saturated heterocycles. The summed E-state index contributed by atoms with van der Waals surface area (Å²) in [5.74, 6) is 0. The lowest BCUT2D eigenvalue weighted by atomic mass is 10.1. The van der Waals surface area contributed by atoms with Gasteiger partial charge in [-0.2, -0.15) is 5.26 Å². The number of fused-ring (bicyclic) bond motifs is 10. The summed E-state index contributed by atoms with van der Waals surface area (Å²) < 4.78 is 7.11. The molecule has 0 saturated carbocycles. The quantitative estimate of drug-likeness (QED) is 0.199. The Morgan fingerprint density at radius 3 is 1.64 bits per heavy atom. The first-order valence-corrected chi connectivity index (χ1v) is 15.9. The summed E-state index contributed by atoms with van der Waals surface area (Å²) in [6.45, 7) is 0. The highest BCUT2D eigenvalue weighted by Gasteiger charge is 2.22. The maximum Gasteiger partial charge on any atom is 0.0998 e. The van der Waals surface area contributed by atoms with Gasteiger partial charge in [0.05, 0.1) is 44.7 Å². The summed E-state index contributed by atoms with van der Waals surface area (Å²) in [5, 5.41) is 17.1. The first-order valence-electron chi connectivity index (χ1n) is 15.9. The van der Waals surface area contributed by atoms with Crippen LogP contribution in [0.3, 0.4) is 0 Å². The van der Waals surface area contributed by atoms with Gasteiger partial charge in [-0.1, -0.05) is 91.0 Å². The molecule has 7 aromatic carbocycles. The van der Waals surface area contributed by atoms with Crippen molar-refractivity contribution in [2.24, 2.45) is 0 Å². The van der Waals surface area contributed by atoms with E-state index in [1.807, 2.05) is 18.2 Å². The lowest BCUT2D eigenvalue weighted by molar-refractivity contribution is 1.16. The van der Waals surface area contributed by atoms with Crippen LogP contribution < -0.4 is 0 Å². The zero-order valence-electron chi connectivity index (χ0n) is 25.3. The third kappa shape index (κ3) is 3.51. The summed E-state index contributed by atoms with van der Waals surface area (Å²) in [6, 6.07) is 58.2. The molecular weight excluding hydrogens is 573 g/mol. The first-order chi connectivity index (χ1) is 23.3. The molecule has 0 unspecified atom stereocenters. The Hall–Kier alpha value is -6.57. The summed E-state index contributed by atoms with van der Waals surface area (Å²) in [5.41, 5.74) is 10.8. The van der Waals surface area contributed by atoms with Crippen molar-refractivity contribution in [1.29, 1.82) is 5.26 Å². The Morgan fingerprint density at radius 2 is 0.915 bits per heavy atom. The Bertz CT molecular complexity index is 2900. The molecule has 3 heterocycles. The third-order valence-corrected chi connectivity index (χ3v) is 9.65. The molecule has 3 aromatic heterocycles. The second kappa shape index (κ2) is 9.71. The van der Waals surface area contributed by atoms with Gasteiger partial charge in [0.1, 0.15) is 0 Å². The fourth-order valence-electron chi connectivity index (χ4n) is 7.78. The summed E-state index contributed by atoms with van der Waals surface area (Å²) >= 11 is 0. The van der Waals surface area contributed by atoms with Gasteiger partial charge < -0.3 is 13.7 Å². The van der Waals surface area contributed by atoms with Gasteiger partial charge in [-0.15, -0.1) is 0 Å². The number of hydrogen-bond acceptors (Lipinski definition) is 1. The number of para-hydroxylation sites is 4. The molecule has 0 amide bonds. The molecule has 4 nitrogen and oxygen atoms in total. The van der Waals surface area contributed by atoms with E-state index in [4.69, 9.17) is 0 Å². The van der Waals surface area contributed by atoms with Crippen molar-refractivity contribution in [3.8, 4) is 23.1 Å². The van der Waals surface area contributed by atoms with E-state index >= 15 is 0 Å². The van der Waals surface area contributed by atoms with Crippen molar-refractivity contribution < 1.29 is 0 Å². The molecule has 0 atom stereocenters. The second-order valence-electron chi connectivity index (χ2n) is 12.1. The summed E-state index contributed by atoms with van der Waals surface area (Å²) in [4.78, 5) is 0. The Kier molecular flexibility index (Phi) is 5.32. The first kappa shape index (κ1) is 25.7. The van der Waals surface area contributed by atoms with E-state index < -0.39 is 0 Å². The molecule has 0 fully saturated rings. The highest BCUT2D eigenvalue weighted by Crippen LogP contribution is 2.43. The fourth-order valence-corrected chi connectivity index (χ4v) is 7.78. The molecule has 0 aliphatic carbocycles. The Morgan fingerprint density at radius 1 is 0.362 bits per heavy atom. The largest absolute Gasteiger partial charge is 0.309 e. The average molecular weight is 599 g/mol. The monoisotopic (exact) mass is 598 g/mol. The third-order valence-electron chi connectivity index (χ3n) is 9.65. The number of benzene rings is 7. The van der Waals surface area contributed by atoms with E-state index in [0.29, 0.717) is 5.56 Å². The minimum atomic E-state index is 0.683. The molecule has 10 rings (SSSR count). The minimum absolute atomic E-state index is 0.683. The molecule has 0 aliphatic rings. The van der Waals surface area contributed by atoms with Gasteiger partial charge in [-0.25, -0.2) is 0 Å². The van der Waals surface area contributed by atoms with E-state index in [2.05, 4.69) is 159 Å². The van der Waals surface area contributed by atoms with Crippen molar-refractivity contribution in [2.75, 3.05) is 0 Å². The van der Waals surface area contributed by atoms with Crippen molar-refractivity contribution in [1.82, 2.24) is 13.7 Å². The van der Waals surface area contributed by atoms with Gasteiger partial charge in [0, 0.05) is 49.4 Å². The SMILES string of the molecule is N#Cc1cccc2c1c1ccc(-n3c4ccccc4c4ccc5c(c6ccccc6n5-c5ccccc5)c43)cc1n2-c1ccccc1. The molecule has 0 radical (unpaired) electrons. The van der Waals surface area contributed by atoms with Gasteiger partial charge >= 0.3 is 0 Å². The van der Waals surface area contributed by atoms with Gasteiger partial charge in [0.15, 0.2) is 0 Å². The molecule has 0 bridgehead atoms. The van der Waals surface area contributed by atoms with Gasteiger partial charge in [-0.3, -0.25) is 0 Å². The van der Waals surface area contributed by atoms with Crippen molar-refractivity contribution in [3.05, 3.63) is 163 Å². The van der Waals surface area contributed by atoms with Crippen LogP contribution >= 0.6 is 0 Å². The van der Waals surface area contributed by atoms with Crippen LogP contribution in [0.2, 0.25) is 0 Å². The molecule has 218 valence electrons. The average Bonchev–Trinajstić information content (AvgIpc) is 3.77. The van der Waals surface area contributed by atoms with E-state index in [0.717, 1.165) is 44.4 Å². The number of hydrogen-bond donors (Lipinski definition) is 0. The van der Waals surface area contributed by atoms with Gasteiger partial charge in [0.2, 0.25) is 0 Å². The maximum absolute atomic E-state index is 10.1. The normalized spacial score (nSPS) is 11.8. The molecular formula is C43H26N4. The molecule has 0 N–H and O–H groups in total. The number of nitrogens with zero attached hydrogens (tertiary/aromatic N) is 4. The molecule has 0 aliphatic heterocycles. The Labute approximate surface area is 270 Å². The lowest BCUT2D eigenvalue weighted by Gasteiger charge is -2.12. The van der Waals surface area contributed by atoms with Crippen LogP contribution in [0.4, 0.5) is 0 Å². The van der Waals surface area contributed by atoms with Gasteiger partial charge in [-0.05, 0) is 66.7 Å². The van der Waals surface area contributed by atoms with Crippen LogP contribution in [0.25, 0.3) is 82.5 Å². The molecule has 4 heteroatoms. The molecule has 47 heavy (non-hydrogen) atoms. The van der Waals surface area contributed by atoms with Crippen LogP contribution in [0, 0.1) is 11.3 Å². The minimum Gasteiger partial charge on any atom is -0.309 e. The summed E-state index contributed by atoms with van der Waals surface area (Å²) in [6.07, 6.45) is 0. The maximum atomic E-state index is 10.1. The van der Waals surface area contributed by atoms with Gasteiger partial charge in [0.25, 0.3) is 0 Å². The lowest BCUT2D eigenvalue weighted by Crippen LogP contribution is -1.97. The Balaban J connectivity index is 1.38. The summed E-state index contributed by atoms with van der Waals surface area (Å²) in [7, 11) is 0. The number of rotatable bonds is 3. The second-order valence-corrected chi connectivity index (χ2v) is 12.1. The number of aromatic nitrogens is 3. The van der Waals surface area contributed by atoms with E-state index in [9.17, 15) is 5.26 Å². The van der Waals surface area contributed by atoms with E-state index in [-0.39, 0.29) is 0 Å². The van der Waals surface area contributed by atoms with E-state index in [1.165, 1.54) is 38.1 Å². The zero-order chi connectivity index (χ0) is 31.1. The van der Waals surface area contributed by atoms with Crippen LogP contribution in [0.15, 0.2) is 158 Å². The zero-order valence-corrected chi connectivity index (χ0v) is 25.3. The topological polar surface area (TPSA) is 38.6 Å². The van der Waals surface area contributed by atoms with E-state index in [1.54, 1.807) is 0 Å². The highest BCUT2D eigenvalue weighted by atomic mass is 15.0. The van der Waals surface area contributed by atoms with Crippen LogP contribution in [0.1, 0.15) is 5.56 Å². The smallest absolute Gasteiger partial charge is 0.0998 e. The number of nitriles is 1. The van der Waals surface area contributed by atoms with Crippen LogP contribution in [-0.4, -0.2) is 13.7 Å².